The van der Waals surface area contributed by atoms with Crippen molar-refractivity contribution < 1.29 is 33.7 Å². The fourth-order valence-electron chi connectivity index (χ4n) is 3.95. The van der Waals surface area contributed by atoms with Crippen molar-refractivity contribution in [2.24, 2.45) is 0 Å². The van der Waals surface area contributed by atoms with Crippen molar-refractivity contribution in [3.63, 3.8) is 0 Å². The van der Waals surface area contributed by atoms with E-state index in [-0.39, 0.29) is 41.3 Å². The van der Waals surface area contributed by atoms with Crippen molar-refractivity contribution >= 4 is 22.7 Å². The number of aliphatic hydroxyl groups is 1. The number of phenols is 1. The normalized spacial score (nSPS) is 16.6. The van der Waals surface area contributed by atoms with E-state index in [1.807, 2.05) is 6.92 Å². The summed E-state index contributed by atoms with van der Waals surface area (Å²) >= 11 is 0. The average Bonchev–Trinajstić information content (AvgIpc) is 3.11. The molecule has 0 bridgehead atoms. The Morgan fingerprint density at radius 1 is 1.32 bits per heavy atom. The van der Waals surface area contributed by atoms with Crippen LogP contribution in [0.2, 0.25) is 0 Å². The highest BCUT2D eigenvalue weighted by atomic mass is 16.5. The molecule has 0 saturated heterocycles. The van der Waals surface area contributed by atoms with E-state index < -0.39 is 29.4 Å². The Labute approximate surface area is 179 Å². The molecule has 2 N–H and O–H groups in total. The molecule has 0 amide bonds. The highest BCUT2D eigenvalue weighted by Crippen LogP contribution is 2.49. The molecule has 1 aliphatic heterocycles. The molecule has 8 nitrogen and oxygen atoms in total. The van der Waals surface area contributed by atoms with Gasteiger partial charge >= 0.3 is 11.6 Å². The first-order valence-electron chi connectivity index (χ1n) is 10.4. The van der Waals surface area contributed by atoms with Crippen LogP contribution >= 0.6 is 0 Å². The molecule has 1 aliphatic rings. The molecule has 1 aromatic carbocycles. The van der Waals surface area contributed by atoms with Crippen LogP contribution in [0.5, 0.6) is 11.5 Å². The fraction of sp³-hybridized carbons (Fsp3) is 0.522. The number of carbonyl (C=O) groups is 2. The molecule has 2 unspecified atom stereocenters. The van der Waals surface area contributed by atoms with Gasteiger partial charge in [0.2, 0.25) is 0 Å². The number of benzene rings is 1. The summed E-state index contributed by atoms with van der Waals surface area (Å²) in [6.45, 7) is 8.05. The molecule has 0 saturated carbocycles. The molecule has 8 heteroatoms. The molecule has 0 fully saturated rings. The standard InChI is InChI=1S/C23H28O8/c1-6-8-14(25)19-20(27)13-9-16(23(4,5)28)30-21(13)18-12(10-17(26)31-22(18)19)15(7-2)29-11(3)24/h10,15-16,27-28H,6-9H2,1-5H3. The van der Waals surface area contributed by atoms with Gasteiger partial charge in [0.05, 0.1) is 11.0 Å². The second-order valence-electron chi connectivity index (χ2n) is 8.40. The molecule has 3 rings (SSSR count). The number of ether oxygens (including phenoxy) is 2. The van der Waals surface area contributed by atoms with Crippen molar-refractivity contribution in [1.82, 2.24) is 0 Å². The second kappa shape index (κ2) is 8.34. The van der Waals surface area contributed by atoms with Gasteiger partial charge in [-0.3, -0.25) is 9.59 Å². The summed E-state index contributed by atoms with van der Waals surface area (Å²) in [6.07, 6.45) is -0.268. The number of Topliss-reactive ketones (excluding diaryl/α,β-unsaturated/α-hetero) is 1. The molecule has 2 atom stereocenters. The van der Waals surface area contributed by atoms with Crippen LogP contribution in [0.1, 0.15) is 81.5 Å². The largest absolute Gasteiger partial charge is 0.507 e. The summed E-state index contributed by atoms with van der Waals surface area (Å²) in [7, 11) is 0. The Balaban J connectivity index is 2.42. The lowest BCUT2D eigenvalue weighted by Crippen LogP contribution is -2.39. The highest BCUT2D eigenvalue weighted by Gasteiger charge is 2.40. The number of hydrogen-bond acceptors (Lipinski definition) is 8. The van der Waals surface area contributed by atoms with Crippen LogP contribution in [-0.2, 0) is 16.0 Å². The van der Waals surface area contributed by atoms with Crippen molar-refractivity contribution in [3.8, 4) is 11.5 Å². The first-order chi connectivity index (χ1) is 14.5. The van der Waals surface area contributed by atoms with Gasteiger partial charge in [0.15, 0.2) is 11.4 Å². The van der Waals surface area contributed by atoms with Crippen LogP contribution in [-0.4, -0.2) is 33.7 Å². The number of fused-ring (bicyclic) bond motifs is 3. The van der Waals surface area contributed by atoms with E-state index in [0.29, 0.717) is 29.4 Å². The van der Waals surface area contributed by atoms with E-state index in [4.69, 9.17) is 13.9 Å². The van der Waals surface area contributed by atoms with Crippen LogP contribution in [0, 0.1) is 0 Å². The molecule has 0 radical (unpaired) electrons. The Kier molecular flexibility index (Phi) is 6.14. The van der Waals surface area contributed by atoms with Gasteiger partial charge in [-0.25, -0.2) is 4.79 Å². The molecule has 2 heterocycles. The molecule has 1 aromatic heterocycles. The van der Waals surface area contributed by atoms with Gasteiger partial charge < -0.3 is 24.1 Å². The summed E-state index contributed by atoms with van der Waals surface area (Å²) in [5, 5.41) is 21.8. The van der Waals surface area contributed by atoms with E-state index in [9.17, 15) is 24.6 Å². The molecule has 2 aromatic rings. The Bertz CT molecular complexity index is 1090. The monoisotopic (exact) mass is 432 g/mol. The number of phenolic OH excluding ortho intramolecular Hbond substituents is 1. The molecule has 0 aliphatic carbocycles. The number of hydrogen-bond donors (Lipinski definition) is 2. The highest BCUT2D eigenvalue weighted by molar-refractivity contribution is 6.11. The number of aromatic hydroxyl groups is 1. The van der Waals surface area contributed by atoms with E-state index in [1.54, 1.807) is 20.8 Å². The smallest absolute Gasteiger partial charge is 0.336 e. The predicted octanol–water partition coefficient (Wildman–Crippen LogP) is 3.57. The maximum absolute atomic E-state index is 12.9. The zero-order valence-electron chi connectivity index (χ0n) is 18.4. The van der Waals surface area contributed by atoms with Gasteiger partial charge in [-0.15, -0.1) is 0 Å². The SMILES string of the molecule is CCCC(=O)c1c(O)c2c(c3c(C(CC)OC(C)=O)cc(=O)oc13)OC(C(C)(C)O)C2. The van der Waals surface area contributed by atoms with Crippen molar-refractivity contribution in [3.05, 3.63) is 33.2 Å². The quantitative estimate of drug-likeness (QED) is 0.387. The van der Waals surface area contributed by atoms with Gasteiger partial charge in [-0.1, -0.05) is 13.8 Å². The van der Waals surface area contributed by atoms with Gasteiger partial charge in [-0.2, -0.15) is 0 Å². The zero-order valence-corrected chi connectivity index (χ0v) is 18.4. The lowest BCUT2D eigenvalue weighted by atomic mass is 9.91. The third-order valence-corrected chi connectivity index (χ3v) is 5.46. The molecular weight excluding hydrogens is 404 g/mol. The van der Waals surface area contributed by atoms with Crippen LogP contribution in [0.15, 0.2) is 15.3 Å². The third-order valence-electron chi connectivity index (χ3n) is 5.46. The lowest BCUT2D eigenvalue weighted by molar-refractivity contribution is -0.146. The maximum atomic E-state index is 12.9. The summed E-state index contributed by atoms with van der Waals surface area (Å²) in [5.41, 5.74) is -1.48. The number of ketones is 1. The number of esters is 1. The van der Waals surface area contributed by atoms with E-state index in [2.05, 4.69) is 0 Å². The van der Waals surface area contributed by atoms with Crippen molar-refractivity contribution in [2.45, 2.75) is 78.1 Å². The van der Waals surface area contributed by atoms with Crippen LogP contribution in [0.3, 0.4) is 0 Å². The fourth-order valence-corrected chi connectivity index (χ4v) is 3.95. The van der Waals surface area contributed by atoms with Crippen molar-refractivity contribution in [1.29, 1.82) is 0 Å². The second-order valence-corrected chi connectivity index (χ2v) is 8.40. The van der Waals surface area contributed by atoms with E-state index in [1.165, 1.54) is 13.0 Å². The maximum Gasteiger partial charge on any atom is 0.336 e. The minimum Gasteiger partial charge on any atom is -0.507 e. The molecule has 168 valence electrons. The van der Waals surface area contributed by atoms with Crippen LogP contribution in [0.4, 0.5) is 0 Å². The van der Waals surface area contributed by atoms with Gasteiger partial charge in [0.1, 0.15) is 29.3 Å². The Hall–Kier alpha value is -2.87. The summed E-state index contributed by atoms with van der Waals surface area (Å²) in [4.78, 5) is 37.0. The van der Waals surface area contributed by atoms with E-state index in [0.717, 1.165) is 0 Å². The zero-order chi connectivity index (χ0) is 23.1. The first kappa shape index (κ1) is 22.8. The summed E-state index contributed by atoms with van der Waals surface area (Å²) in [5.74, 6) is -0.993. The molecule has 0 spiro atoms. The Morgan fingerprint density at radius 2 is 2.00 bits per heavy atom. The minimum absolute atomic E-state index is 0.0905. The van der Waals surface area contributed by atoms with Crippen LogP contribution < -0.4 is 10.4 Å². The number of rotatable bonds is 7. The number of carbonyl (C=O) groups excluding carboxylic acids is 2. The molecular formula is C23H28O8. The minimum atomic E-state index is -1.23. The van der Waals surface area contributed by atoms with Gasteiger partial charge in [0, 0.05) is 37.0 Å². The topological polar surface area (TPSA) is 123 Å². The third kappa shape index (κ3) is 4.17. The van der Waals surface area contributed by atoms with Gasteiger partial charge in [-0.05, 0) is 26.7 Å². The van der Waals surface area contributed by atoms with Gasteiger partial charge in [0.25, 0.3) is 0 Å². The average molecular weight is 432 g/mol. The Morgan fingerprint density at radius 3 is 2.55 bits per heavy atom. The predicted molar refractivity (Wildman–Crippen MR) is 113 cm³/mol. The van der Waals surface area contributed by atoms with Crippen LogP contribution in [0.25, 0.3) is 11.0 Å². The van der Waals surface area contributed by atoms with E-state index >= 15 is 0 Å². The summed E-state index contributed by atoms with van der Waals surface area (Å²) in [6, 6.07) is 1.21. The lowest BCUT2D eigenvalue weighted by Gasteiger charge is -2.25. The van der Waals surface area contributed by atoms with Crippen molar-refractivity contribution in [2.75, 3.05) is 0 Å². The molecule has 31 heavy (non-hydrogen) atoms. The first-order valence-corrected chi connectivity index (χ1v) is 10.4. The summed E-state index contributed by atoms with van der Waals surface area (Å²) < 4.78 is 16.8.